The van der Waals surface area contributed by atoms with Gasteiger partial charge in [-0.3, -0.25) is 0 Å². The Labute approximate surface area is 163 Å². The van der Waals surface area contributed by atoms with Gasteiger partial charge >= 0.3 is 0 Å². The summed E-state index contributed by atoms with van der Waals surface area (Å²) in [7, 11) is 0. The van der Waals surface area contributed by atoms with Gasteiger partial charge in [0.25, 0.3) is 0 Å². The first-order chi connectivity index (χ1) is 12.2. The molecule has 0 radical (unpaired) electrons. The molecule has 0 aliphatic rings. The molecule has 8 heteroatoms. The maximum absolute atomic E-state index is 6.18. The molecule has 0 atom stereocenters. The van der Waals surface area contributed by atoms with Crippen molar-refractivity contribution in [1.29, 1.82) is 0 Å². The van der Waals surface area contributed by atoms with Crippen molar-refractivity contribution >= 4 is 68.3 Å². The van der Waals surface area contributed by atoms with Crippen molar-refractivity contribution in [3.63, 3.8) is 0 Å². The maximum atomic E-state index is 6.18. The Morgan fingerprint density at radius 3 is 2.36 bits per heavy atom. The topological polar surface area (TPSA) is 61.9 Å². The summed E-state index contributed by atoms with van der Waals surface area (Å²) in [4.78, 5) is 8.82. The summed E-state index contributed by atoms with van der Waals surface area (Å²) in [6.45, 7) is 0. The second-order valence-electron chi connectivity index (χ2n) is 4.97. The van der Waals surface area contributed by atoms with Gasteiger partial charge in [0.15, 0.2) is 0 Å². The minimum atomic E-state index is 0.453. The highest BCUT2D eigenvalue weighted by Gasteiger charge is 2.09. The molecular weight excluding hydrogens is 422 g/mol. The molecule has 3 aromatic rings. The zero-order valence-corrected chi connectivity index (χ0v) is 16.4. The number of rotatable bonds is 6. The number of halogens is 2. The highest BCUT2D eigenvalue weighted by molar-refractivity contribution is 9.10. The largest absolute Gasteiger partial charge is 0.337 e. The van der Waals surface area contributed by atoms with Crippen molar-refractivity contribution in [3.8, 4) is 0 Å². The van der Waals surface area contributed by atoms with Crippen molar-refractivity contribution < 1.29 is 0 Å². The van der Waals surface area contributed by atoms with Gasteiger partial charge in [0, 0.05) is 12.5 Å². The summed E-state index contributed by atoms with van der Waals surface area (Å²) in [5.41, 5.74) is 2.64. The summed E-state index contributed by atoms with van der Waals surface area (Å²) in [5.74, 6) is 1.11. The van der Waals surface area contributed by atoms with E-state index in [9.17, 15) is 0 Å². The molecule has 0 amide bonds. The van der Waals surface area contributed by atoms with Crippen LogP contribution in [-0.2, 0) is 0 Å². The number of para-hydroxylation sites is 3. The Kier molecular flexibility index (Phi) is 6.01. The first-order valence-electron chi connectivity index (χ1n) is 7.36. The molecule has 1 aromatic heterocycles. The second-order valence-corrected chi connectivity index (χ2v) is 6.85. The van der Waals surface area contributed by atoms with Gasteiger partial charge in [0.1, 0.15) is 5.82 Å². The van der Waals surface area contributed by atoms with E-state index in [2.05, 4.69) is 41.3 Å². The Morgan fingerprint density at radius 2 is 1.64 bits per heavy atom. The van der Waals surface area contributed by atoms with Crippen LogP contribution in [0, 0.1) is 0 Å². The van der Waals surface area contributed by atoms with E-state index in [0.29, 0.717) is 16.8 Å². The number of nitrogens with one attached hydrogen (secondary N) is 3. The minimum Gasteiger partial charge on any atom is -0.337 e. The van der Waals surface area contributed by atoms with E-state index < -0.39 is 0 Å². The van der Waals surface area contributed by atoms with Crippen LogP contribution in [0.1, 0.15) is 0 Å². The molecule has 0 saturated carbocycles. The first-order valence-corrected chi connectivity index (χ1v) is 9.76. The van der Waals surface area contributed by atoms with Crippen molar-refractivity contribution in [3.05, 3.63) is 64.2 Å². The molecule has 25 heavy (non-hydrogen) atoms. The number of nitrogens with zero attached hydrogens (tertiary/aromatic N) is 2. The van der Waals surface area contributed by atoms with Gasteiger partial charge < -0.3 is 15.4 Å². The van der Waals surface area contributed by atoms with Crippen LogP contribution in [0.3, 0.4) is 0 Å². The average Bonchev–Trinajstić information content (AvgIpc) is 2.62. The molecule has 3 rings (SSSR count). The fourth-order valence-electron chi connectivity index (χ4n) is 2.12. The van der Waals surface area contributed by atoms with Crippen molar-refractivity contribution in [1.82, 2.24) is 9.97 Å². The first kappa shape index (κ1) is 17.8. The third-order valence-corrected chi connectivity index (χ3v) is 4.59. The van der Waals surface area contributed by atoms with Crippen LogP contribution in [0.4, 0.5) is 28.8 Å². The standard InChI is InChI=1S/C17H15BrClN5S/c1-25-24-15-9-5-4-8-14(15)21-16-11(18)10-20-17(23-16)22-13-7-3-2-6-12(13)19/h2-10,24H,1H3,(H2,20,21,22,23). The number of hydrogen-bond donors (Lipinski definition) is 3. The predicted octanol–water partition coefficient (Wildman–Crippen LogP) is 6.07. The van der Waals surface area contributed by atoms with Crippen LogP contribution >= 0.6 is 39.5 Å². The van der Waals surface area contributed by atoms with E-state index in [1.165, 1.54) is 11.9 Å². The molecule has 0 bridgehead atoms. The van der Waals surface area contributed by atoms with Crippen LogP contribution in [0.25, 0.3) is 0 Å². The van der Waals surface area contributed by atoms with E-state index in [1.807, 2.05) is 54.8 Å². The molecule has 0 saturated heterocycles. The van der Waals surface area contributed by atoms with Crippen molar-refractivity contribution in [2.75, 3.05) is 21.6 Å². The molecule has 0 fully saturated rings. The minimum absolute atomic E-state index is 0.453. The van der Waals surface area contributed by atoms with E-state index >= 15 is 0 Å². The number of aromatic nitrogens is 2. The van der Waals surface area contributed by atoms with Crippen LogP contribution in [0.2, 0.25) is 5.02 Å². The fourth-order valence-corrected chi connectivity index (χ4v) is 2.99. The maximum Gasteiger partial charge on any atom is 0.229 e. The zero-order valence-electron chi connectivity index (χ0n) is 13.3. The average molecular weight is 437 g/mol. The molecule has 0 unspecified atom stereocenters. The van der Waals surface area contributed by atoms with Gasteiger partial charge in [-0.05, 0) is 40.2 Å². The van der Waals surface area contributed by atoms with Crippen LogP contribution < -0.4 is 15.4 Å². The fraction of sp³-hybridized carbons (Fsp3) is 0.0588. The molecule has 5 nitrogen and oxygen atoms in total. The molecule has 2 aromatic carbocycles. The van der Waals surface area contributed by atoms with Gasteiger partial charge in [-0.25, -0.2) is 4.98 Å². The van der Waals surface area contributed by atoms with Gasteiger partial charge in [0.2, 0.25) is 5.95 Å². The van der Waals surface area contributed by atoms with Crippen molar-refractivity contribution in [2.45, 2.75) is 0 Å². The highest BCUT2D eigenvalue weighted by atomic mass is 79.9. The summed E-state index contributed by atoms with van der Waals surface area (Å²) in [5, 5.41) is 7.06. The van der Waals surface area contributed by atoms with Gasteiger partial charge in [0.05, 0.1) is 26.6 Å². The number of anilines is 5. The lowest BCUT2D eigenvalue weighted by molar-refractivity contribution is 1.15. The lowest BCUT2D eigenvalue weighted by Crippen LogP contribution is -2.03. The zero-order chi connectivity index (χ0) is 17.6. The van der Waals surface area contributed by atoms with E-state index in [4.69, 9.17) is 11.6 Å². The Bertz CT molecular complexity index is 877. The Balaban J connectivity index is 1.86. The third-order valence-electron chi connectivity index (χ3n) is 3.26. The van der Waals surface area contributed by atoms with Crippen molar-refractivity contribution in [2.24, 2.45) is 0 Å². The van der Waals surface area contributed by atoms with Gasteiger partial charge in [-0.1, -0.05) is 47.8 Å². The molecule has 1 heterocycles. The van der Waals surface area contributed by atoms with E-state index in [-0.39, 0.29) is 0 Å². The van der Waals surface area contributed by atoms with Crippen LogP contribution in [0.5, 0.6) is 0 Å². The quantitative estimate of drug-likeness (QED) is 0.408. The van der Waals surface area contributed by atoms with Crippen LogP contribution in [0.15, 0.2) is 59.2 Å². The summed E-state index contributed by atoms with van der Waals surface area (Å²) in [6.07, 6.45) is 3.67. The normalized spacial score (nSPS) is 10.4. The van der Waals surface area contributed by atoms with Gasteiger partial charge in [-0.2, -0.15) is 4.98 Å². The molecule has 0 aliphatic carbocycles. The highest BCUT2D eigenvalue weighted by Crippen LogP contribution is 2.31. The van der Waals surface area contributed by atoms with Crippen LogP contribution in [-0.4, -0.2) is 16.2 Å². The molecular formula is C17H15BrClN5S. The Hall–Kier alpha value is -1.96. The number of hydrogen-bond acceptors (Lipinski definition) is 6. The summed E-state index contributed by atoms with van der Waals surface area (Å²) in [6, 6.07) is 15.4. The summed E-state index contributed by atoms with van der Waals surface area (Å²) < 4.78 is 4.00. The monoisotopic (exact) mass is 435 g/mol. The lowest BCUT2D eigenvalue weighted by atomic mass is 10.2. The van der Waals surface area contributed by atoms with E-state index in [0.717, 1.165) is 21.5 Å². The molecule has 0 aliphatic heterocycles. The third kappa shape index (κ3) is 4.56. The molecule has 128 valence electrons. The predicted molar refractivity (Wildman–Crippen MR) is 111 cm³/mol. The second kappa shape index (κ2) is 8.42. The smallest absolute Gasteiger partial charge is 0.229 e. The van der Waals surface area contributed by atoms with E-state index in [1.54, 1.807) is 6.20 Å². The number of benzene rings is 2. The Morgan fingerprint density at radius 1 is 0.960 bits per heavy atom. The SMILES string of the molecule is CSNc1ccccc1Nc1nc(Nc2ccccc2Cl)ncc1Br. The summed E-state index contributed by atoms with van der Waals surface area (Å²) >= 11 is 11.2. The van der Waals surface area contributed by atoms with Gasteiger partial charge in [-0.15, -0.1) is 0 Å². The molecule has 0 spiro atoms. The lowest BCUT2D eigenvalue weighted by Gasteiger charge is -2.14. The molecule has 3 N–H and O–H groups in total.